The molecule has 3 aliphatic rings. The summed E-state index contributed by atoms with van der Waals surface area (Å²) in [5, 5.41) is 12.9. The van der Waals surface area contributed by atoms with Crippen LogP contribution in [0.4, 0.5) is 4.79 Å². The van der Waals surface area contributed by atoms with Crippen molar-refractivity contribution in [2.45, 2.75) is 32.1 Å². The summed E-state index contributed by atoms with van der Waals surface area (Å²) in [5.74, 6) is 1.28. The minimum atomic E-state index is 0.0740. The van der Waals surface area contributed by atoms with Crippen molar-refractivity contribution in [2.75, 3.05) is 66.0 Å². The number of carbonyl (C=O) groups is 1. The first kappa shape index (κ1) is 18.9. The third-order valence-corrected chi connectivity index (χ3v) is 6.45. The number of likely N-dealkylation sites (N-methyl/N-ethyl adjacent to an activating group) is 1. The molecule has 25 heavy (non-hydrogen) atoms. The van der Waals surface area contributed by atoms with E-state index >= 15 is 0 Å². The highest BCUT2D eigenvalue weighted by atomic mass is 16.3. The SMILES string of the molecule is CN1CCN(CC2CN(C(=O)NCC3CCCCC3)CC2CO)CC1. The predicted octanol–water partition coefficient (Wildman–Crippen LogP) is 1.06. The molecule has 2 N–H and O–H groups in total. The van der Waals surface area contributed by atoms with Gasteiger partial charge in [0.2, 0.25) is 0 Å². The van der Waals surface area contributed by atoms with Crippen LogP contribution >= 0.6 is 0 Å². The van der Waals surface area contributed by atoms with Crippen molar-refractivity contribution >= 4 is 6.03 Å². The quantitative estimate of drug-likeness (QED) is 0.777. The Balaban J connectivity index is 1.44. The molecule has 6 nitrogen and oxygen atoms in total. The van der Waals surface area contributed by atoms with Crippen LogP contribution in [0.15, 0.2) is 0 Å². The van der Waals surface area contributed by atoms with Crippen LogP contribution in [-0.4, -0.2) is 91.8 Å². The molecular weight excluding hydrogens is 316 g/mol. The molecule has 0 radical (unpaired) electrons. The lowest BCUT2D eigenvalue weighted by Gasteiger charge is -2.34. The van der Waals surface area contributed by atoms with Crippen molar-refractivity contribution in [3.05, 3.63) is 0 Å². The van der Waals surface area contributed by atoms with Crippen molar-refractivity contribution in [3.63, 3.8) is 0 Å². The lowest BCUT2D eigenvalue weighted by Crippen LogP contribution is -2.47. The number of likely N-dealkylation sites (tertiary alicyclic amines) is 1. The van der Waals surface area contributed by atoms with Gasteiger partial charge in [-0.05, 0) is 31.7 Å². The summed E-state index contributed by atoms with van der Waals surface area (Å²) in [5.41, 5.74) is 0. The van der Waals surface area contributed by atoms with E-state index in [0.29, 0.717) is 18.4 Å². The van der Waals surface area contributed by atoms with Crippen molar-refractivity contribution in [2.24, 2.45) is 17.8 Å². The summed E-state index contributed by atoms with van der Waals surface area (Å²) in [6, 6.07) is 0.0740. The van der Waals surface area contributed by atoms with Crippen LogP contribution in [0.1, 0.15) is 32.1 Å². The highest BCUT2D eigenvalue weighted by Crippen LogP contribution is 2.25. The standard InChI is InChI=1S/C19H36N4O2/c1-21-7-9-22(10-8-21)12-17-13-23(14-18(17)15-24)19(25)20-11-16-5-3-2-4-6-16/h16-18,24H,2-15H2,1H3,(H,20,25). The maximum atomic E-state index is 12.5. The molecule has 0 bridgehead atoms. The predicted molar refractivity (Wildman–Crippen MR) is 99.5 cm³/mol. The highest BCUT2D eigenvalue weighted by molar-refractivity contribution is 5.74. The van der Waals surface area contributed by atoms with Crippen molar-refractivity contribution < 1.29 is 9.90 Å². The van der Waals surface area contributed by atoms with Crippen molar-refractivity contribution in [1.29, 1.82) is 0 Å². The fraction of sp³-hybridized carbons (Fsp3) is 0.947. The topological polar surface area (TPSA) is 59.0 Å². The molecule has 144 valence electrons. The Kier molecular flexibility index (Phi) is 6.96. The molecule has 3 rings (SSSR count). The fourth-order valence-electron chi connectivity index (χ4n) is 4.62. The van der Waals surface area contributed by atoms with Gasteiger partial charge in [0, 0.05) is 64.9 Å². The molecule has 2 aliphatic heterocycles. The second kappa shape index (κ2) is 9.19. The van der Waals surface area contributed by atoms with Gasteiger partial charge in [0.05, 0.1) is 0 Å². The van der Waals surface area contributed by atoms with Crippen LogP contribution < -0.4 is 5.32 Å². The van der Waals surface area contributed by atoms with E-state index in [-0.39, 0.29) is 18.6 Å². The number of piperazine rings is 1. The van der Waals surface area contributed by atoms with Gasteiger partial charge in [-0.3, -0.25) is 0 Å². The van der Waals surface area contributed by atoms with Crippen LogP contribution in [0.25, 0.3) is 0 Å². The van der Waals surface area contributed by atoms with E-state index < -0.39 is 0 Å². The second-order valence-corrected chi connectivity index (χ2v) is 8.40. The van der Waals surface area contributed by atoms with E-state index in [1.807, 2.05) is 4.90 Å². The molecular formula is C19H36N4O2. The van der Waals surface area contributed by atoms with Gasteiger partial charge >= 0.3 is 6.03 Å². The lowest BCUT2D eigenvalue weighted by atomic mass is 9.89. The zero-order valence-corrected chi connectivity index (χ0v) is 15.8. The summed E-state index contributed by atoms with van der Waals surface area (Å²) >= 11 is 0. The Labute approximate surface area is 152 Å². The third kappa shape index (κ3) is 5.31. The van der Waals surface area contributed by atoms with Gasteiger partial charge in [0.1, 0.15) is 0 Å². The van der Waals surface area contributed by atoms with E-state index in [9.17, 15) is 9.90 Å². The Morgan fingerprint density at radius 1 is 1.04 bits per heavy atom. The fourth-order valence-corrected chi connectivity index (χ4v) is 4.62. The third-order valence-electron chi connectivity index (χ3n) is 6.45. The number of hydrogen-bond acceptors (Lipinski definition) is 4. The molecule has 2 unspecified atom stereocenters. The maximum Gasteiger partial charge on any atom is 0.317 e. The Hall–Kier alpha value is -0.850. The van der Waals surface area contributed by atoms with Gasteiger partial charge in [-0.1, -0.05) is 19.3 Å². The van der Waals surface area contributed by atoms with E-state index in [4.69, 9.17) is 0 Å². The molecule has 3 fully saturated rings. The van der Waals surface area contributed by atoms with Crippen LogP contribution in [0, 0.1) is 17.8 Å². The van der Waals surface area contributed by atoms with Gasteiger partial charge in [-0.25, -0.2) is 4.79 Å². The zero-order valence-electron chi connectivity index (χ0n) is 15.8. The van der Waals surface area contributed by atoms with E-state index in [0.717, 1.165) is 45.8 Å². The number of aliphatic hydroxyl groups is 1. The molecule has 2 saturated heterocycles. The van der Waals surface area contributed by atoms with Crippen LogP contribution in [0.5, 0.6) is 0 Å². The number of nitrogens with zero attached hydrogens (tertiary/aromatic N) is 3. The Bertz CT molecular complexity index is 420. The summed E-state index contributed by atoms with van der Waals surface area (Å²) in [6.07, 6.45) is 6.48. The molecule has 1 aliphatic carbocycles. The summed E-state index contributed by atoms with van der Waals surface area (Å²) < 4.78 is 0. The first-order valence-corrected chi connectivity index (χ1v) is 10.2. The van der Waals surface area contributed by atoms with Crippen LogP contribution in [0.2, 0.25) is 0 Å². The number of aliphatic hydroxyl groups excluding tert-OH is 1. The van der Waals surface area contributed by atoms with Gasteiger partial charge in [0.25, 0.3) is 0 Å². The first-order chi connectivity index (χ1) is 12.2. The number of rotatable bonds is 5. The van der Waals surface area contributed by atoms with E-state index in [1.165, 1.54) is 32.1 Å². The minimum absolute atomic E-state index is 0.0740. The van der Waals surface area contributed by atoms with Crippen LogP contribution in [0.3, 0.4) is 0 Å². The first-order valence-electron chi connectivity index (χ1n) is 10.2. The molecule has 0 spiro atoms. The monoisotopic (exact) mass is 352 g/mol. The number of nitrogens with one attached hydrogen (secondary N) is 1. The van der Waals surface area contributed by atoms with Crippen molar-refractivity contribution in [3.8, 4) is 0 Å². The summed E-state index contributed by atoms with van der Waals surface area (Å²) in [4.78, 5) is 19.3. The van der Waals surface area contributed by atoms with Gasteiger partial charge in [-0.15, -0.1) is 0 Å². The normalized spacial score (nSPS) is 29.9. The zero-order chi connectivity index (χ0) is 17.6. The second-order valence-electron chi connectivity index (χ2n) is 8.40. The minimum Gasteiger partial charge on any atom is -0.396 e. The van der Waals surface area contributed by atoms with Crippen molar-refractivity contribution in [1.82, 2.24) is 20.0 Å². The molecule has 2 amide bonds. The van der Waals surface area contributed by atoms with Crippen LogP contribution in [-0.2, 0) is 0 Å². The average molecular weight is 353 g/mol. The number of carbonyl (C=O) groups excluding carboxylic acids is 1. The smallest absolute Gasteiger partial charge is 0.317 e. The van der Waals surface area contributed by atoms with Gasteiger partial charge in [-0.2, -0.15) is 0 Å². The molecule has 1 saturated carbocycles. The largest absolute Gasteiger partial charge is 0.396 e. The molecule has 0 aromatic rings. The maximum absolute atomic E-state index is 12.5. The molecule has 2 atom stereocenters. The van der Waals surface area contributed by atoms with Gasteiger partial charge in [0.15, 0.2) is 0 Å². The van der Waals surface area contributed by atoms with E-state index in [2.05, 4.69) is 22.2 Å². The molecule has 0 aromatic carbocycles. The van der Waals surface area contributed by atoms with E-state index in [1.54, 1.807) is 0 Å². The molecule has 0 aromatic heterocycles. The molecule has 6 heteroatoms. The Morgan fingerprint density at radius 2 is 1.72 bits per heavy atom. The van der Waals surface area contributed by atoms with Gasteiger partial charge < -0.3 is 25.1 Å². The number of urea groups is 1. The summed E-state index contributed by atoms with van der Waals surface area (Å²) in [7, 11) is 2.17. The lowest BCUT2D eigenvalue weighted by molar-refractivity contribution is 0.116. The highest BCUT2D eigenvalue weighted by Gasteiger charge is 2.36. The number of amides is 2. The number of hydrogen-bond donors (Lipinski definition) is 2. The summed E-state index contributed by atoms with van der Waals surface area (Å²) in [6.45, 7) is 7.92. The average Bonchev–Trinajstić information content (AvgIpc) is 3.05. The Morgan fingerprint density at radius 3 is 2.40 bits per heavy atom. The molecule has 2 heterocycles.